The zero-order chi connectivity index (χ0) is 10.8. The fourth-order valence-corrected chi connectivity index (χ4v) is 1.74. The molecule has 1 N–H and O–H groups in total. The van der Waals surface area contributed by atoms with Crippen LogP contribution in [0, 0.1) is 0 Å². The van der Waals surface area contributed by atoms with Crippen LogP contribution in [0.1, 0.15) is 12.6 Å². The van der Waals surface area contributed by atoms with E-state index in [1.54, 1.807) is 6.07 Å². The number of benzene rings is 1. The van der Waals surface area contributed by atoms with Crippen molar-refractivity contribution in [3.63, 3.8) is 0 Å². The molecule has 0 unspecified atom stereocenters. The van der Waals surface area contributed by atoms with Crippen molar-refractivity contribution in [3.8, 4) is 5.75 Å². The number of fused-ring (bicyclic) bond motifs is 1. The first-order chi connectivity index (χ1) is 7.24. The second-order valence-corrected chi connectivity index (χ2v) is 3.54. The van der Waals surface area contributed by atoms with Crippen molar-refractivity contribution in [1.29, 1.82) is 0 Å². The molecule has 2 aromatic rings. The summed E-state index contributed by atoms with van der Waals surface area (Å²) in [5, 5.41) is 10.6. The standard InChI is InChI=1S/C12H15NO2/c1-3-15-8-9-7-10-11(13(9)2)5-4-6-12(10)14/h4-7,14H,3,8H2,1-2H3. The molecule has 1 aromatic carbocycles. The highest BCUT2D eigenvalue weighted by molar-refractivity contribution is 5.87. The van der Waals surface area contributed by atoms with Crippen molar-refractivity contribution < 1.29 is 9.84 Å². The van der Waals surface area contributed by atoms with Gasteiger partial charge >= 0.3 is 0 Å². The molecule has 0 spiro atoms. The van der Waals surface area contributed by atoms with Crippen LogP contribution in [0.5, 0.6) is 5.75 Å². The molecule has 3 heteroatoms. The molecule has 0 aliphatic heterocycles. The normalized spacial score (nSPS) is 11.1. The average Bonchev–Trinajstić information content (AvgIpc) is 2.55. The number of aromatic hydroxyl groups is 1. The fraction of sp³-hybridized carbons (Fsp3) is 0.333. The molecule has 2 rings (SSSR count). The fourth-order valence-electron chi connectivity index (χ4n) is 1.74. The number of aromatic nitrogens is 1. The molecule has 0 radical (unpaired) electrons. The van der Waals surface area contributed by atoms with Gasteiger partial charge in [-0.25, -0.2) is 0 Å². The van der Waals surface area contributed by atoms with Gasteiger partial charge < -0.3 is 14.4 Å². The Kier molecular flexibility index (Phi) is 2.64. The van der Waals surface area contributed by atoms with Crippen molar-refractivity contribution in [2.75, 3.05) is 6.61 Å². The number of ether oxygens (including phenoxy) is 1. The average molecular weight is 205 g/mol. The van der Waals surface area contributed by atoms with Gasteiger partial charge in [0.1, 0.15) is 5.75 Å². The van der Waals surface area contributed by atoms with Crippen molar-refractivity contribution in [3.05, 3.63) is 30.0 Å². The topological polar surface area (TPSA) is 34.4 Å². The van der Waals surface area contributed by atoms with Gasteiger partial charge in [-0.05, 0) is 25.1 Å². The Hall–Kier alpha value is -1.48. The van der Waals surface area contributed by atoms with Gasteiger partial charge in [-0.15, -0.1) is 0 Å². The maximum absolute atomic E-state index is 9.68. The molecular weight excluding hydrogens is 190 g/mol. The summed E-state index contributed by atoms with van der Waals surface area (Å²) >= 11 is 0. The van der Waals surface area contributed by atoms with Crippen molar-refractivity contribution in [1.82, 2.24) is 4.57 Å². The second-order valence-electron chi connectivity index (χ2n) is 3.54. The number of aryl methyl sites for hydroxylation is 1. The molecule has 0 amide bonds. The lowest BCUT2D eigenvalue weighted by atomic mass is 10.2. The summed E-state index contributed by atoms with van der Waals surface area (Å²) in [6, 6.07) is 7.51. The molecule has 15 heavy (non-hydrogen) atoms. The van der Waals surface area contributed by atoms with E-state index >= 15 is 0 Å². The third kappa shape index (κ3) is 1.70. The Balaban J connectivity index is 2.49. The highest BCUT2D eigenvalue weighted by Gasteiger charge is 2.07. The minimum atomic E-state index is 0.325. The molecule has 3 nitrogen and oxygen atoms in total. The third-order valence-electron chi connectivity index (χ3n) is 2.62. The van der Waals surface area contributed by atoms with Gasteiger partial charge in [0.25, 0.3) is 0 Å². The molecular formula is C12H15NO2. The Morgan fingerprint density at radius 3 is 2.87 bits per heavy atom. The third-order valence-corrected chi connectivity index (χ3v) is 2.62. The van der Waals surface area contributed by atoms with Crippen LogP contribution in [-0.2, 0) is 18.4 Å². The summed E-state index contributed by atoms with van der Waals surface area (Å²) < 4.78 is 7.41. The van der Waals surface area contributed by atoms with E-state index in [0.717, 1.165) is 16.6 Å². The van der Waals surface area contributed by atoms with Crippen LogP contribution in [0.25, 0.3) is 10.9 Å². The van der Waals surface area contributed by atoms with Gasteiger partial charge in [-0.1, -0.05) is 6.07 Å². The van der Waals surface area contributed by atoms with Gasteiger partial charge in [0.05, 0.1) is 12.1 Å². The van der Waals surface area contributed by atoms with E-state index in [1.807, 2.05) is 36.7 Å². The molecule has 0 aliphatic rings. The van der Waals surface area contributed by atoms with Gasteiger partial charge in [-0.2, -0.15) is 0 Å². The van der Waals surface area contributed by atoms with E-state index in [1.165, 1.54) is 0 Å². The first-order valence-electron chi connectivity index (χ1n) is 5.08. The second kappa shape index (κ2) is 3.95. The number of hydrogen-bond donors (Lipinski definition) is 1. The molecule has 1 heterocycles. The van der Waals surface area contributed by atoms with Gasteiger partial charge in [0.2, 0.25) is 0 Å². The van der Waals surface area contributed by atoms with Crippen LogP contribution in [0.2, 0.25) is 0 Å². The lowest BCUT2D eigenvalue weighted by Crippen LogP contribution is -1.98. The number of phenolic OH excluding ortho intramolecular Hbond substituents is 1. The Bertz CT molecular complexity index is 474. The molecule has 0 saturated carbocycles. The number of rotatable bonds is 3. The number of hydrogen-bond acceptors (Lipinski definition) is 2. The Morgan fingerprint density at radius 2 is 2.20 bits per heavy atom. The minimum absolute atomic E-state index is 0.325. The minimum Gasteiger partial charge on any atom is -0.507 e. The van der Waals surface area contributed by atoms with Crippen LogP contribution in [0.4, 0.5) is 0 Å². The molecule has 0 aliphatic carbocycles. The highest BCUT2D eigenvalue weighted by atomic mass is 16.5. The summed E-state index contributed by atoms with van der Waals surface area (Å²) in [7, 11) is 1.98. The van der Waals surface area contributed by atoms with Crippen LogP contribution >= 0.6 is 0 Å². The SMILES string of the molecule is CCOCc1cc2c(O)cccc2n1C. The van der Waals surface area contributed by atoms with Gasteiger partial charge in [-0.3, -0.25) is 0 Å². The smallest absolute Gasteiger partial charge is 0.124 e. The van der Waals surface area contributed by atoms with Crippen molar-refractivity contribution >= 4 is 10.9 Å². The molecule has 0 atom stereocenters. The van der Waals surface area contributed by atoms with Crippen LogP contribution in [0.15, 0.2) is 24.3 Å². The maximum atomic E-state index is 9.68. The summed E-state index contributed by atoms with van der Waals surface area (Å²) in [5.74, 6) is 0.325. The van der Waals surface area contributed by atoms with E-state index < -0.39 is 0 Å². The first kappa shape index (κ1) is 10.1. The number of phenols is 1. The van der Waals surface area contributed by atoms with E-state index in [9.17, 15) is 5.11 Å². The molecule has 0 fully saturated rings. The molecule has 0 bridgehead atoms. The lowest BCUT2D eigenvalue weighted by molar-refractivity contribution is 0.129. The lowest BCUT2D eigenvalue weighted by Gasteiger charge is -2.03. The quantitative estimate of drug-likeness (QED) is 0.835. The summed E-state index contributed by atoms with van der Waals surface area (Å²) in [6.45, 7) is 3.26. The van der Waals surface area contributed by atoms with E-state index in [2.05, 4.69) is 0 Å². The van der Waals surface area contributed by atoms with Crippen molar-refractivity contribution in [2.45, 2.75) is 13.5 Å². The van der Waals surface area contributed by atoms with Crippen LogP contribution < -0.4 is 0 Å². The molecule has 1 aromatic heterocycles. The number of nitrogens with zero attached hydrogens (tertiary/aromatic N) is 1. The van der Waals surface area contributed by atoms with E-state index in [-0.39, 0.29) is 0 Å². The van der Waals surface area contributed by atoms with Crippen LogP contribution in [-0.4, -0.2) is 16.3 Å². The van der Waals surface area contributed by atoms with Crippen molar-refractivity contribution in [2.24, 2.45) is 7.05 Å². The predicted octanol–water partition coefficient (Wildman–Crippen LogP) is 2.42. The van der Waals surface area contributed by atoms with Gasteiger partial charge in [0.15, 0.2) is 0 Å². The van der Waals surface area contributed by atoms with Crippen LogP contribution in [0.3, 0.4) is 0 Å². The Morgan fingerprint density at radius 1 is 1.40 bits per heavy atom. The summed E-state index contributed by atoms with van der Waals surface area (Å²) in [6.07, 6.45) is 0. The summed E-state index contributed by atoms with van der Waals surface area (Å²) in [5.41, 5.74) is 2.11. The molecule has 0 saturated heterocycles. The zero-order valence-electron chi connectivity index (χ0n) is 9.03. The Labute approximate surface area is 88.9 Å². The maximum Gasteiger partial charge on any atom is 0.124 e. The van der Waals surface area contributed by atoms with E-state index in [0.29, 0.717) is 19.0 Å². The largest absolute Gasteiger partial charge is 0.507 e. The molecule has 80 valence electrons. The zero-order valence-corrected chi connectivity index (χ0v) is 9.03. The van der Waals surface area contributed by atoms with E-state index in [4.69, 9.17) is 4.74 Å². The predicted molar refractivity (Wildman–Crippen MR) is 59.9 cm³/mol. The first-order valence-corrected chi connectivity index (χ1v) is 5.08. The summed E-state index contributed by atoms with van der Waals surface area (Å²) in [4.78, 5) is 0. The monoisotopic (exact) mass is 205 g/mol. The highest BCUT2D eigenvalue weighted by Crippen LogP contribution is 2.27. The van der Waals surface area contributed by atoms with Gasteiger partial charge in [0, 0.05) is 24.7 Å².